The molecule has 21 heavy (non-hydrogen) atoms. The molecule has 0 aliphatic rings. The fourth-order valence-electron chi connectivity index (χ4n) is 1.91. The predicted molar refractivity (Wildman–Crippen MR) is 81.6 cm³/mol. The zero-order valence-electron chi connectivity index (χ0n) is 12.4. The molecule has 110 valence electrons. The molecule has 2 N–H and O–H groups in total. The van der Waals surface area contributed by atoms with Gasteiger partial charge in [-0.05, 0) is 36.6 Å². The van der Waals surface area contributed by atoms with Gasteiger partial charge < -0.3 is 10.4 Å². The van der Waals surface area contributed by atoms with Gasteiger partial charge in [-0.3, -0.25) is 0 Å². The van der Waals surface area contributed by atoms with Gasteiger partial charge in [-0.1, -0.05) is 26.0 Å². The van der Waals surface area contributed by atoms with Gasteiger partial charge in [-0.2, -0.15) is 0 Å². The van der Waals surface area contributed by atoms with E-state index >= 15 is 0 Å². The molecule has 0 bridgehead atoms. The Hall–Kier alpha value is -2.43. The Bertz CT molecular complexity index is 636. The Balaban J connectivity index is 2.07. The molecule has 1 heterocycles. The lowest BCUT2D eigenvalue weighted by Gasteiger charge is -2.10. The average Bonchev–Trinajstić information content (AvgIpc) is 2.45. The number of anilines is 1. The van der Waals surface area contributed by atoms with Gasteiger partial charge in [0, 0.05) is 17.9 Å². The third kappa shape index (κ3) is 4.02. The summed E-state index contributed by atoms with van der Waals surface area (Å²) >= 11 is 0. The minimum absolute atomic E-state index is 0.285. The first-order chi connectivity index (χ1) is 9.95. The lowest BCUT2D eigenvalue weighted by atomic mass is 10.1. The summed E-state index contributed by atoms with van der Waals surface area (Å²) in [6, 6.07) is 8.74. The van der Waals surface area contributed by atoms with Gasteiger partial charge >= 0.3 is 5.97 Å². The molecule has 2 rings (SSSR count). The van der Waals surface area contributed by atoms with E-state index in [0.717, 1.165) is 17.0 Å². The monoisotopic (exact) mass is 285 g/mol. The minimum atomic E-state index is -0.918. The zero-order chi connectivity index (χ0) is 15.4. The zero-order valence-corrected chi connectivity index (χ0v) is 12.4. The fraction of sp³-hybridized carbons (Fsp3) is 0.312. The number of aromatic carboxylic acids is 1. The number of carboxylic acid groups (broad SMARTS) is 1. The van der Waals surface area contributed by atoms with E-state index in [4.69, 9.17) is 5.11 Å². The highest BCUT2D eigenvalue weighted by Crippen LogP contribution is 2.15. The van der Waals surface area contributed by atoms with Crippen molar-refractivity contribution >= 4 is 11.9 Å². The van der Waals surface area contributed by atoms with Crippen LogP contribution in [-0.4, -0.2) is 21.0 Å². The number of carbonyl (C=O) groups is 1. The molecule has 0 aliphatic heterocycles. The summed E-state index contributed by atoms with van der Waals surface area (Å²) < 4.78 is 0. The highest BCUT2D eigenvalue weighted by atomic mass is 16.4. The van der Waals surface area contributed by atoms with E-state index in [1.165, 1.54) is 0 Å². The van der Waals surface area contributed by atoms with Crippen LogP contribution in [0.1, 0.15) is 47.1 Å². The van der Waals surface area contributed by atoms with E-state index in [-0.39, 0.29) is 5.56 Å². The van der Waals surface area contributed by atoms with E-state index in [1.54, 1.807) is 24.3 Å². The number of hydrogen-bond acceptors (Lipinski definition) is 4. The predicted octanol–water partition coefficient (Wildman–Crippen LogP) is 3.22. The van der Waals surface area contributed by atoms with Gasteiger partial charge in [0.1, 0.15) is 0 Å². The van der Waals surface area contributed by atoms with Crippen molar-refractivity contribution in [1.82, 2.24) is 9.97 Å². The van der Waals surface area contributed by atoms with Gasteiger partial charge in [0.25, 0.3) is 0 Å². The van der Waals surface area contributed by atoms with Crippen molar-refractivity contribution in [3.8, 4) is 0 Å². The highest BCUT2D eigenvalue weighted by molar-refractivity contribution is 5.87. The summed E-state index contributed by atoms with van der Waals surface area (Å²) in [5.41, 5.74) is 3.20. The van der Waals surface area contributed by atoms with Gasteiger partial charge in [-0.15, -0.1) is 0 Å². The molecule has 0 aliphatic carbocycles. The molecular weight excluding hydrogens is 266 g/mol. The number of aryl methyl sites for hydroxylation is 1. The van der Waals surface area contributed by atoms with Crippen LogP contribution in [0.5, 0.6) is 0 Å². The molecule has 1 aromatic carbocycles. The molecule has 0 fully saturated rings. The van der Waals surface area contributed by atoms with Crippen molar-refractivity contribution < 1.29 is 9.90 Å². The summed E-state index contributed by atoms with van der Waals surface area (Å²) in [5.74, 6) is 0.0289. The number of rotatable bonds is 5. The normalized spacial score (nSPS) is 10.7. The van der Waals surface area contributed by atoms with Crippen molar-refractivity contribution in [1.29, 1.82) is 0 Å². The van der Waals surface area contributed by atoms with Gasteiger partial charge in [0.05, 0.1) is 5.56 Å². The first kappa shape index (κ1) is 15.0. The SMILES string of the molecule is Cc1cc(C(C)C)nc(NCc2ccc(C(=O)O)cc2)n1. The van der Waals surface area contributed by atoms with Crippen LogP contribution >= 0.6 is 0 Å². The molecule has 0 atom stereocenters. The van der Waals surface area contributed by atoms with Crippen LogP contribution < -0.4 is 5.32 Å². The minimum Gasteiger partial charge on any atom is -0.478 e. The van der Waals surface area contributed by atoms with E-state index in [2.05, 4.69) is 29.1 Å². The Morgan fingerprint density at radius 3 is 2.48 bits per heavy atom. The van der Waals surface area contributed by atoms with Crippen molar-refractivity contribution in [2.75, 3.05) is 5.32 Å². The number of hydrogen-bond donors (Lipinski definition) is 2. The van der Waals surface area contributed by atoms with Crippen LogP contribution in [-0.2, 0) is 6.54 Å². The Kier molecular flexibility index (Phi) is 4.52. The standard InChI is InChI=1S/C16H19N3O2/c1-10(2)14-8-11(3)18-16(19-14)17-9-12-4-6-13(7-5-12)15(20)21/h4-8,10H,9H2,1-3H3,(H,20,21)(H,17,18,19). The van der Waals surface area contributed by atoms with E-state index in [0.29, 0.717) is 18.4 Å². The third-order valence-electron chi connectivity index (χ3n) is 3.12. The molecule has 0 saturated carbocycles. The van der Waals surface area contributed by atoms with Crippen molar-refractivity contribution in [3.63, 3.8) is 0 Å². The molecule has 0 unspecified atom stereocenters. The second kappa shape index (κ2) is 6.35. The topological polar surface area (TPSA) is 75.1 Å². The average molecular weight is 285 g/mol. The number of aromatic nitrogens is 2. The van der Waals surface area contributed by atoms with E-state index in [1.807, 2.05) is 13.0 Å². The number of nitrogens with one attached hydrogen (secondary N) is 1. The number of benzene rings is 1. The molecule has 0 saturated heterocycles. The van der Waals surface area contributed by atoms with Crippen LogP contribution in [0.3, 0.4) is 0 Å². The maximum atomic E-state index is 10.8. The smallest absolute Gasteiger partial charge is 0.335 e. The Morgan fingerprint density at radius 2 is 1.90 bits per heavy atom. The van der Waals surface area contributed by atoms with E-state index in [9.17, 15) is 4.79 Å². The quantitative estimate of drug-likeness (QED) is 0.882. The van der Waals surface area contributed by atoms with Crippen molar-refractivity contribution in [2.45, 2.75) is 33.2 Å². The van der Waals surface area contributed by atoms with E-state index < -0.39 is 5.97 Å². The second-order valence-electron chi connectivity index (χ2n) is 5.27. The molecule has 1 aromatic heterocycles. The summed E-state index contributed by atoms with van der Waals surface area (Å²) in [5, 5.41) is 12.0. The molecule has 2 aromatic rings. The van der Waals surface area contributed by atoms with Crippen LogP contribution in [0.4, 0.5) is 5.95 Å². The lowest BCUT2D eigenvalue weighted by molar-refractivity contribution is 0.0697. The first-order valence-corrected chi connectivity index (χ1v) is 6.87. The van der Waals surface area contributed by atoms with Crippen LogP contribution in [0, 0.1) is 6.92 Å². The van der Waals surface area contributed by atoms with Gasteiger partial charge in [0.2, 0.25) is 5.95 Å². The summed E-state index contributed by atoms with van der Waals surface area (Å²) in [7, 11) is 0. The maximum absolute atomic E-state index is 10.8. The first-order valence-electron chi connectivity index (χ1n) is 6.87. The largest absolute Gasteiger partial charge is 0.478 e. The van der Waals surface area contributed by atoms with Crippen molar-refractivity contribution in [2.24, 2.45) is 0 Å². The lowest BCUT2D eigenvalue weighted by Crippen LogP contribution is -2.07. The highest BCUT2D eigenvalue weighted by Gasteiger charge is 2.06. The second-order valence-corrected chi connectivity index (χ2v) is 5.27. The van der Waals surface area contributed by atoms with Gasteiger partial charge in [0.15, 0.2) is 0 Å². The Morgan fingerprint density at radius 1 is 1.24 bits per heavy atom. The van der Waals surface area contributed by atoms with Crippen molar-refractivity contribution in [3.05, 3.63) is 52.8 Å². The summed E-state index contributed by atoms with van der Waals surface area (Å²) in [6.45, 7) is 6.69. The van der Waals surface area contributed by atoms with Crippen LogP contribution in [0.2, 0.25) is 0 Å². The maximum Gasteiger partial charge on any atom is 0.335 e. The van der Waals surface area contributed by atoms with Crippen LogP contribution in [0.15, 0.2) is 30.3 Å². The summed E-state index contributed by atoms with van der Waals surface area (Å²) in [4.78, 5) is 19.6. The number of carboxylic acids is 1. The molecule has 5 nitrogen and oxygen atoms in total. The molecular formula is C16H19N3O2. The van der Waals surface area contributed by atoms with Gasteiger partial charge in [-0.25, -0.2) is 14.8 Å². The number of nitrogens with zero attached hydrogens (tertiary/aromatic N) is 2. The summed E-state index contributed by atoms with van der Waals surface area (Å²) in [6.07, 6.45) is 0. The van der Waals surface area contributed by atoms with Crippen LogP contribution in [0.25, 0.3) is 0 Å². The molecule has 5 heteroatoms. The molecule has 0 amide bonds. The molecule has 0 spiro atoms. The molecule has 0 radical (unpaired) electrons. The third-order valence-corrected chi connectivity index (χ3v) is 3.12. The fourth-order valence-corrected chi connectivity index (χ4v) is 1.91. The Labute approximate surface area is 124 Å².